The average Bonchev–Trinajstić information content (AvgIpc) is 2.59. The molecule has 1 heterocycles. The molecule has 4 nitrogen and oxygen atoms in total. The van der Waals surface area contributed by atoms with Gasteiger partial charge < -0.3 is 0 Å². The Morgan fingerprint density at radius 1 is 1.09 bits per heavy atom. The van der Waals surface area contributed by atoms with Crippen molar-refractivity contribution in [2.75, 3.05) is 13.1 Å². The van der Waals surface area contributed by atoms with Gasteiger partial charge >= 0.3 is 0 Å². The Balaban J connectivity index is 1.69. The molecule has 0 radical (unpaired) electrons. The summed E-state index contributed by atoms with van der Waals surface area (Å²) in [6.07, 6.45) is 4.76. The predicted molar refractivity (Wildman–Crippen MR) is 94.7 cm³/mol. The second kappa shape index (κ2) is 9.41. The van der Waals surface area contributed by atoms with E-state index < -0.39 is 0 Å². The highest BCUT2D eigenvalue weighted by molar-refractivity contribution is 6.08. The third kappa shape index (κ3) is 6.34. The maximum absolute atomic E-state index is 12.0. The van der Waals surface area contributed by atoms with E-state index >= 15 is 0 Å². The molecule has 0 N–H and O–H groups in total. The lowest BCUT2D eigenvalue weighted by atomic mass is 10.1. The molecule has 118 valence electrons. The van der Waals surface area contributed by atoms with E-state index in [-0.39, 0.29) is 5.78 Å². The van der Waals surface area contributed by atoms with E-state index in [9.17, 15) is 4.79 Å². The second-order valence-electron chi connectivity index (χ2n) is 5.23. The maximum Gasteiger partial charge on any atom is 0.168 e. The molecule has 1 aromatic carbocycles. The lowest BCUT2D eigenvalue weighted by molar-refractivity contribution is 0.100. The molecular weight excluding hydrogens is 286 g/mol. The van der Waals surface area contributed by atoms with Crippen molar-refractivity contribution >= 4 is 17.7 Å². The number of Topliss-reactive ketones (excluding diaryl/α,β-unsaturated/α-hetero) is 1. The molecule has 0 atom stereocenters. The van der Waals surface area contributed by atoms with Crippen LogP contribution in [0.5, 0.6) is 0 Å². The number of ketones is 1. The van der Waals surface area contributed by atoms with Crippen LogP contribution in [0.2, 0.25) is 0 Å². The van der Waals surface area contributed by atoms with Gasteiger partial charge in [0, 0.05) is 43.2 Å². The molecule has 1 aromatic heterocycles. The lowest BCUT2D eigenvalue weighted by Gasteiger charge is -2.01. The Morgan fingerprint density at radius 3 is 2.61 bits per heavy atom. The maximum atomic E-state index is 12.0. The van der Waals surface area contributed by atoms with Crippen LogP contribution in [0.4, 0.5) is 0 Å². The Kier molecular flexibility index (Phi) is 6.85. The van der Waals surface area contributed by atoms with Gasteiger partial charge in [0.25, 0.3) is 0 Å². The number of carbonyl (C=O) groups excluding carboxylic acids is 1. The molecule has 0 amide bonds. The first-order valence-corrected chi connectivity index (χ1v) is 7.75. The van der Waals surface area contributed by atoms with Crippen molar-refractivity contribution in [1.82, 2.24) is 4.98 Å². The fourth-order valence-corrected chi connectivity index (χ4v) is 2.06. The number of benzene rings is 1. The summed E-state index contributed by atoms with van der Waals surface area (Å²) >= 11 is 0. The summed E-state index contributed by atoms with van der Waals surface area (Å²) in [6.45, 7) is 3.30. The fraction of sp³-hybridized carbons (Fsp3) is 0.263. The van der Waals surface area contributed by atoms with Crippen molar-refractivity contribution in [3.05, 3.63) is 66.0 Å². The van der Waals surface area contributed by atoms with E-state index in [4.69, 9.17) is 0 Å². The molecule has 0 spiro atoms. The highest BCUT2D eigenvalue weighted by atomic mass is 16.1. The van der Waals surface area contributed by atoms with Crippen LogP contribution in [0.25, 0.3) is 0 Å². The third-order valence-corrected chi connectivity index (χ3v) is 3.25. The first-order chi connectivity index (χ1) is 11.3. The molecule has 0 saturated heterocycles. The van der Waals surface area contributed by atoms with Crippen molar-refractivity contribution in [2.24, 2.45) is 9.98 Å². The molecule has 0 fully saturated rings. The Hall–Kier alpha value is -2.62. The molecule has 0 unspecified atom stereocenters. The minimum absolute atomic E-state index is 0.111. The molecule has 0 saturated carbocycles. The molecule has 2 aromatic rings. The number of rotatable bonds is 8. The van der Waals surface area contributed by atoms with E-state index in [0.717, 1.165) is 23.4 Å². The number of hydrogen-bond donors (Lipinski definition) is 0. The number of aromatic nitrogens is 1. The number of nitrogens with zero attached hydrogens (tertiary/aromatic N) is 3. The first-order valence-electron chi connectivity index (χ1n) is 7.75. The van der Waals surface area contributed by atoms with Crippen molar-refractivity contribution in [3.8, 4) is 0 Å². The van der Waals surface area contributed by atoms with Crippen molar-refractivity contribution in [2.45, 2.75) is 19.8 Å². The second-order valence-corrected chi connectivity index (χ2v) is 5.23. The summed E-state index contributed by atoms with van der Waals surface area (Å²) in [4.78, 5) is 25.0. The van der Waals surface area contributed by atoms with Gasteiger partial charge in [0.05, 0.1) is 5.69 Å². The fourth-order valence-electron chi connectivity index (χ4n) is 2.06. The summed E-state index contributed by atoms with van der Waals surface area (Å²) < 4.78 is 0. The van der Waals surface area contributed by atoms with Crippen LogP contribution in [-0.2, 0) is 0 Å². The summed E-state index contributed by atoms with van der Waals surface area (Å²) in [5.74, 6) is 0.111. The molecular formula is C19H21N3O. The van der Waals surface area contributed by atoms with Crippen molar-refractivity contribution in [1.29, 1.82) is 0 Å². The number of carbonyl (C=O) groups is 1. The van der Waals surface area contributed by atoms with Crippen LogP contribution in [0.3, 0.4) is 0 Å². The van der Waals surface area contributed by atoms with Gasteiger partial charge in [-0.3, -0.25) is 19.8 Å². The molecule has 0 bridgehead atoms. The Morgan fingerprint density at radius 2 is 1.87 bits per heavy atom. The van der Waals surface area contributed by atoms with Crippen molar-refractivity contribution < 1.29 is 4.79 Å². The average molecular weight is 307 g/mol. The van der Waals surface area contributed by atoms with Crippen LogP contribution in [-0.4, -0.2) is 35.8 Å². The van der Waals surface area contributed by atoms with Gasteiger partial charge in [0.15, 0.2) is 5.78 Å². The van der Waals surface area contributed by atoms with E-state index in [2.05, 4.69) is 15.0 Å². The standard InChI is InChI=1S/C19H21N3O/c1-16(14-19(23)17-8-3-2-4-9-17)21-13-7-11-20-15-18-10-5-6-12-22-18/h2-6,8-10,12,15H,7,11,13-14H2,1H3. The van der Waals surface area contributed by atoms with Crippen LogP contribution >= 0.6 is 0 Å². The van der Waals surface area contributed by atoms with Gasteiger partial charge in [0.2, 0.25) is 0 Å². The Labute approximate surface area is 137 Å². The minimum atomic E-state index is 0.111. The van der Waals surface area contributed by atoms with Gasteiger partial charge in [0.1, 0.15) is 0 Å². The van der Waals surface area contributed by atoms with E-state index in [1.165, 1.54) is 0 Å². The molecule has 0 aliphatic carbocycles. The summed E-state index contributed by atoms with van der Waals surface area (Å²) in [5.41, 5.74) is 2.47. The molecule has 23 heavy (non-hydrogen) atoms. The van der Waals surface area contributed by atoms with E-state index in [1.54, 1.807) is 12.4 Å². The smallest absolute Gasteiger partial charge is 0.168 e. The van der Waals surface area contributed by atoms with Crippen LogP contribution in [0.1, 0.15) is 35.8 Å². The van der Waals surface area contributed by atoms with Crippen molar-refractivity contribution in [3.63, 3.8) is 0 Å². The highest BCUT2D eigenvalue weighted by Gasteiger charge is 2.06. The van der Waals surface area contributed by atoms with E-state index in [0.29, 0.717) is 19.5 Å². The topological polar surface area (TPSA) is 54.7 Å². The minimum Gasteiger partial charge on any atom is -0.294 e. The third-order valence-electron chi connectivity index (χ3n) is 3.25. The van der Waals surface area contributed by atoms with Gasteiger partial charge in [-0.15, -0.1) is 0 Å². The zero-order chi connectivity index (χ0) is 16.3. The van der Waals surface area contributed by atoms with Gasteiger partial charge in [-0.05, 0) is 25.5 Å². The highest BCUT2D eigenvalue weighted by Crippen LogP contribution is 2.04. The lowest BCUT2D eigenvalue weighted by Crippen LogP contribution is -2.06. The molecule has 0 aliphatic heterocycles. The molecule has 2 rings (SSSR count). The number of pyridine rings is 1. The zero-order valence-electron chi connectivity index (χ0n) is 13.4. The first kappa shape index (κ1) is 16.7. The van der Waals surface area contributed by atoms with Crippen LogP contribution in [0.15, 0.2) is 64.7 Å². The molecule has 0 aliphatic rings. The largest absolute Gasteiger partial charge is 0.294 e. The monoisotopic (exact) mass is 307 g/mol. The van der Waals surface area contributed by atoms with E-state index in [1.807, 2.05) is 55.5 Å². The Bertz CT molecular complexity index is 664. The predicted octanol–water partition coefficient (Wildman–Crippen LogP) is 3.62. The van der Waals surface area contributed by atoms with Gasteiger partial charge in [-0.25, -0.2) is 0 Å². The van der Waals surface area contributed by atoms with Crippen LogP contribution in [0, 0.1) is 0 Å². The SMILES string of the molecule is CC(CC(=O)c1ccccc1)=NCCCN=Cc1ccccn1. The summed E-state index contributed by atoms with van der Waals surface area (Å²) in [5, 5.41) is 0. The normalized spacial score (nSPS) is 11.8. The zero-order valence-corrected chi connectivity index (χ0v) is 13.4. The number of hydrogen-bond acceptors (Lipinski definition) is 4. The van der Waals surface area contributed by atoms with Crippen LogP contribution < -0.4 is 0 Å². The quantitative estimate of drug-likeness (QED) is 0.425. The molecule has 4 heteroatoms. The summed E-state index contributed by atoms with van der Waals surface area (Å²) in [7, 11) is 0. The van der Waals surface area contributed by atoms with Gasteiger partial charge in [-0.1, -0.05) is 36.4 Å². The number of aliphatic imine (C=N–C) groups is 2. The summed E-state index contributed by atoms with van der Waals surface area (Å²) in [6, 6.07) is 15.1. The van der Waals surface area contributed by atoms with Gasteiger partial charge in [-0.2, -0.15) is 0 Å².